The van der Waals surface area contributed by atoms with Crippen molar-refractivity contribution in [2.24, 2.45) is 5.92 Å². The maximum atomic E-state index is 12.1. The fourth-order valence-corrected chi connectivity index (χ4v) is 2.22. The Morgan fingerprint density at radius 3 is 2.78 bits per heavy atom. The third-order valence-corrected chi connectivity index (χ3v) is 3.57. The fourth-order valence-electron chi connectivity index (χ4n) is 2.00. The van der Waals surface area contributed by atoms with E-state index in [2.05, 4.69) is 34.4 Å². The number of halogens is 1. The molecule has 23 heavy (non-hydrogen) atoms. The summed E-state index contributed by atoms with van der Waals surface area (Å²) in [5.41, 5.74) is 2.18. The summed E-state index contributed by atoms with van der Waals surface area (Å²) in [6.45, 7) is 6.82. The lowest BCUT2D eigenvalue weighted by Gasteiger charge is -2.10. The number of aryl methyl sites for hydroxylation is 1. The van der Waals surface area contributed by atoms with Gasteiger partial charge in [0.1, 0.15) is 5.69 Å². The number of hydrogen-bond acceptors (Lipinski definition) is 4. The van der Waals surface area contributed by atoms with Gasteiger partial charge in [-0.2, -0.15) is 0 Å². The SMILES string of the molecule is Cc1cc(Cl)ccc1Nc1nccc(C(=O)NCCC(C)C)n1. The van der Waals surface area contributed by atoms with Crippen molar-refractivity contribution in [2.75, 3.05) is 11.9 Å². The van der Waals surface area contributed by atoms with E-state index in [1.54, 1.807) is 18.3 Å². The van der Waals surface area contributed by atoms with Crippen LogP contribution in [0.25, 0.3) is 0 Å². The first-order valence-corrected chi connectivity index (χ1v) is 7.98. The van der Waals surface area contributed by atoms with Crippen LogP contribution in [0.4, 0.5) is 11.6 Å². The van der Waals surface area contributed by atoms with E-state index in [0.29, 0.717) is 29.1 Å². The van der Waals surface area contributed by atoms with Crippen LogP contribution in [-0.4, -0.2) is 22.4 Å². The van der Waals surface area contributed by atoms with Crippen LogP contribution >= 0.6 is 11.6 Å². The third kappa shape index (κ3) is 5.21. The molecule has 0 spiro atoms. The lowest BCUT2D eigenvalue weighted by molar-refractivity contribution is 0.0947. The van der Waals surface area contributed by atoms with E-state index >= 15 is 0 Å². The molecule has 0 bridgehead atoms. The van der Waals surface area contributed by atoms with Crippen molar-refractivity contribution >= 4 is 29.1 Å². The number of nitrogens with one attached hydrogen (secondary N) is 2. The molecule has 6 heteroatoms. The summed E-state index contributed by atoms with van der Waals surface area (Å²) in [6.07, 6.45) is 2.50. The summed E-state index contributed by atoms with van der Waals surface area (Å²) in [5, 5.41) is 6.65. The quantitative estimate of drug-likeness (QED) is 0.840. The molecule has 0 radical (unpaired) electrons. The van der Waals surface area contributed by atoms with Gasteiger partial charge in [0.2, 0.25) is 5.95 Å². The molecule has 0 saturated carbocycles. The number of carbonyl (C=O) groups excluding carboxylic acids is 1. The van der Waals surface area contributed by atoms with Crippen molar-refractivity contribution in [3.05, 3.63) is 46.7 Å². The van der Waals surface area contributed by atoms with E-state index < -0.39 is 0 Å². The van der Waals surface area contributed by atoms with Crippen molar-refractivity contribution in [1.82, 2.24) is 15.3 Å². The average Bonchev–Trinajstić information content (AvgIpc) is 2.50. The standard InChI is InChI=1S/C17H21ClN4O/c1-11(2)6-8-19-16(23)15-7-9-20-17(22-15)21-14-5-4-13(18)10-12(14)3/h4-5,7,9-11H,6,8H2,1-3H3,(H,19,23)(H,20,21,22). The van der Waals surface area contributed by atoms with Crippen LogP contribution in [0, 0.1) is 12.8 Å². The van der Waals surface area contributed by atoms with Gasteiger partial charge in [0.25, 0.3) is 5.91 Å². The lowest BCUT2D eigenvalue weighted by atomic mass is 10.1. The van der Waals surface area contributed by atoms with Crippen LogP contribution in [-0.2, 0) is 0 Å². The molecule has 0 aliphatic rings. The molecule has 0 aliphatic heterocycles. The summed E-state index contributed by atoms with van der Waals surface area (Å²) < 4.78 is 0. The zero-order valence-electron chi connectivity index (χ0n) is 13.6. The van der Waals surface area contributed by atoms with Gasteiger partial charge in [-0.1, -0.05) is 25.4 Å². The van der Waals surface area contributed by atoms with Crippen LogP contribution in [0.1, 0.15) is 36.3 Å². The highest BCUT2D eigenvalue weighted by atomic mass is 35.5. The van der Waals surface area contributed by atoms with Gasteiger partial charge in [-0.05, 0) is 49.1 Å². The molecule has 0 saturated heterocycles. The van der Waals surface area contributed by atoms with Crippen molar-refractivity contribution in [3.8, 4) is 0 Å². The number of amides is 1. The molecule has 2 rings (SSSR count). The molecule has 1 aromatic carbocycles. The molecule has 2 N–H and O–H groups in total. The monoisotopic (exact) mass is 332 g/mol. The first-order valence-electron chi connectivity index (χ1n) is 7.60. The zero-order chi connectivity index (χ0) is 16.8. The molecular weight excluding hydrogens is 312 g/mol. The van der Waals surface area contributed by atoms with Crippen LogP contribution in [0.5, 0.6) is 0 Å². The first kappa shape index (κ1) is 17.2. The normalized spacial score (nSPS) is 10.7. The maximum Gasteiger partial charge on any atom is 0.270 e. The Labute approximate surface area is 141 Å². The van der Waals surface area contributed by atoms with Crippen molar-refractivity contribution in [3.63, 3.8) is 0 Å². The number of aromatic nitrogens is 2. The average molecular weight is 333 g/mol. The Balaban J connectivity index is 2.06. The molecule has 0 aliphatic carbocycles. The van der Waals surface area contributed by atoms with Gasteiger partial charge < -0.3 is 10.6 Å². The van der Waals surface area contributed by atoms with Gasteiger partial charge in [-0.25, -0.2) is 9.97 Å². The number of benzene rings is 1. The number of hydrogen-bond donors (Lipinski definition) is 2. The van der Waals surface area contributed by atoms with Gasteiger partial charge in [0, 0.05) is 23.5 Å². The lowest BCUT2D eigenvalue weighted by Crippen LogP contribution is -2.26. The molecule has 1 heterocycles. The highest BCUT2D eigenvalue weighted by molar-refractivity contribution is 6.30. The van der Waals surface area contributed by atoms with E-state index in [9.17, 15) is 4.79 Å². The Kier molecular flexibility index (Phi) is 5.93. The number of nitrogens with zero attached hydrogens (tertiary/aromatic N) is 2. The van der Waals surface area contributed by atoms with Crippen LogP contribution in [0.15, 0.2) is 30.5 Å². The minimum absolute atomic E-state index is 0.191. The van der Waals surface area contributed by atoms with Gasteiger partial charge in [0.05, 0.1) is 0 Å². The van der Waals surface area contributed by atoms with Gasteiger partial charge in [-0.15, -0.1) is 0 Å². The molecule has 0 fully saturated rings. The van der Waals surface area contributed by atoms with E-state index in [0.717, 1.165) is 17.7 Å². The third-order valence-electron chi connectivity index (χ3n) is 3.33. The highest BCUT2D eigenvalue weighted by Gasteiger charge is 2.09. The van der Waals surface area contributed by atoms with E-state index in [4.69, 9.17) is 11.6 Å². The van der Waals surface area contributed by atoms with Crippen molar-refractivity contribution in [2.45, 2.75) is 27.2 Å². The largest absolute Gasteiger partial charge is 0.351 e. The minimum Gasteiger partial charge on any atom is -0.351 e. The van der Waals surface area contributed by atoms with Crippen LogP contribution < -0.4 is 10.6 Å². The molecule has 0 atom stereocenters. The van der Waals surface area contributed by atoms with Crippen molar-refractivity contribution < 1.29 is 4.79 Å². The predicted octanol–water partition coefficient (Wildman–Crippen LogP) is 3.96. The Bertz CT molecular complexity index is 688. The molecule has 0 unspecified atom stereocenters. The summed E-state index contributed by atoms with van der Waals surface area (Å²) in [6, 6.07) is 7.10. The predicted molar refractivity (Wildman–Crippen MR) is 93.3 cm³/mol. The first-order chi connectivity index (χ1) is 11.0. The van der Waals surface area contributed by atoms with Crippen molar-refractivity contribution in [1.29, 1.82) is 0 Å². The Morgan fingerprint density at radius 2 is 2.09 bits per heavy atom. The molecule has 122 valence electrons. The van der Waals surface area contributed by atoms with Crippen LogP contribution in [0.2, 0.25) is 5.02 Å². The Morgan fingerprint density at radius 1 is 1.30 bits per heavy atom. The number of rotatable bonds is 6. The van der Waals surface area contributed by atoms with E-state index in [1.165, 1.54) is 0 Å². The molecule has 5 nitrogen and oxygen atoms in total. The zero-order valence-corrected chi connectivity index (χ0v) is 14.3. The van der Waals surface area contributed by atoms with Crippen LogP contribution in [0.3, 0.4) is 0 Å². The fraction of sp³-hybridized carbons (Fsp3) is 0.353. The second-order valence-electron chi connectivity index (χ2n) is 5.79. The van der Waals surface area contributed by atoms with Gasteiger partial charge in [-0.3, -0.25) is 4.79 Å². The number of carbonyl (C=O) groups is 1. The molecule has 1 aromatic heterocycles. The van der Waals surface area contributed by atoms with E-state index in [-0.39, 0.29) is 5.91 Å². The summed E-state index contributed by atoms with van der Waals surface area (Å²) in [7, 11) is 0. The summed E-state index contributed by atoms with van der Waals surface area (Å²) in [5.74, 6) is 0.738. The molecule has 2 aromatic rings. The molecular formula is C17H21ClN4O. The second kappa shape index (κ2) is 7.92. The highest BCUT2D eigenvalue weighted by Crippen LogP contribution is 2.21. The topological polar surface area (TPSA) is 66.9 Å². The summed E-state index contributed by atoms with van der Waals surface area (Å²) >= 11 is 5.95. The second-order valence-corrected chi connectivity index (χ2v) is 6.22. The molecule has 1 amide bonds. The van der Waals surface area contributed by atoms with Gasteiger partial charge in [0.15, 0.2) is 0 Å². The summed E-state index contributed by atoms with van der Waals surface area (Å²) in [4.78, 5) is 20.5. The minimum atomic E-state index is -0.191. The smallest absolute Gasteiger partial charge is 0.270 e. The number of anilines is 2. The van der Waals surface area contributed by atoms with E-state index in [1.807, 2.05) is 19.1 Å². The van der Waals surface area contributed by atoms with Gasteiger partial charge >= 0.3 is 0 Å². The Hall–Kier alpha value is -2.14. The maximum absolute atomic E-state index is 12.1.